The lowest BCUT2D eigenvalue weighted by Gasteiger charge is -2.19. The molecule has 100 valence electrons. The molecule has 0 amide bonds. The third-order valence-corrected chi connectivity index (χ3v) is 5.26. The minimum Gasteiger partial charge on any atom is -0.297 e. The number of hydrogen-bond acceptors (Lipinski definition) is 3. The van der Waals surface area contributed by atoms with Crippen LogP contribution in [0.25, 0.3) is 0 Å². The van der Waals surface area contributed by atoms with E-state index < -0.39 is 9.84 Å². The van der Waals surface area contributed by atoms with Crippen LogP contribution in [0, 0.1) is 0 Å². The molecule has 0 spiro atoms. The van der Waals surface area contributed by atoms with Crippen LogP contribution in [0.5, 0.6) is 0 Å². The second kappa shape index (κ2) is 4.67. The third-order valence-electron chi connectivity index (χ3n) is 3.77. The van der Waals surface area contributed by atoms with Crippen LogP contribution in [0.1, 0.15) is 44.4 Å². The summed E-state index contributed by atoms with van der Waals surface area (Å²) < 4.78 is 23.1. The van der Waals surface area contributed by atoms with Crippen LogP contribution in [-0.2, 0) is 15.3 Å². The number of benzene rings is 1. The van der Waals surface area contributed by atoms with Crippen LogP contribution in [0.2, 0.25) is 0 Å². The molecule has 18 heavy (non-hydrogen) atoms. The second-order valence-corrected chi connectivity index (χ2v) is 7.96. The lowest BCUT2D eigenvalue weighted by molar-refractivity contribution is 0.440. The summed E-state index contributed by atoms with van der Waals surface area (Å²) >= 11 is 0. The number of fused-ring (bicyclic) bond motifs is 1. The van der Waals surface area contributed by atoms with E-state index in [1.54, 1.807) is 6.92 Å². The molecule has 1 aromatic carbocycles. The number of rotatable bonds is 4. The van der Waals surface area contributed by atoms with Gasteiger partial charge in [0.05, 0.1) is 5.88 Å². The fraction of sp³-hybridized carbons (Fsp3) is 0.571. The van der Waals surface area contributed by atoms with Crippen molar-refractivity contribution in [2.45, 2.75) is 38.6 Å². The molecule has 1 aliphatic rings. The molecule has 0 radical (unpaired) electrons. The predicted molar refractivity (Wildman–Crippen MR) is 74.3 cm³/mol. The van der Waals surface area contributed by atoms with Crippen LogP contribution < -0.4 is 5.32 Å². The average molecular weight is 267 g/mol. The Labute approximate surface area is 110 Å². The zero-order valence-corrected chi connectivity index (χ0v) is 12.0. The van der Waals surface area contributed by atoms with E-state index in [1.165, 1.54) is 11.1 Å². The molecule has 0 aromatic heterocycles. The van der Waals surface area contributed by atoms with E-state index in [2.05, 4.69) is 31.3 Å². The summed E-state index contributed by atoms with van der Waals surface area (Å²) in [6, 6.07) is 8.46. The molecule has 0 bridgehead atoms. The van der Waals surface area contributed by atoms with Gasteiger partial charge in [-0.05, 0) is 23.0 Å². The summed E-state index contributed by atoms with van der Waals surface area (Å²) in [7, 11) is -2.96. The molecule has 3 nitrogen and oxygen atoms in total. The Kier molecular flexibility index (Phi) is 3.52. The van der Waals surface area contributed by atoms with Gasteiger partial charge in [0.15, 0.2) is 9.84 Å². The molecule has 1 N–H and O–H groups in total. The van der Waals surface area contributed by atoms with Gasteiger partial charge < -0.3 is 0 Å². The Balaban J connectivity index is 2.18. The van der Waals surface area contributed by atoms with E-state index in [-0.39, 0.29) is 23.1 Å². The van der Waals surface area contributed by atoms with Crippen LogP contribution in [0.15, 0.2) is 24.3 Å². The normalized spacial score (nSPS) is 21.8. The molecule has 1 unspecified atom stereocenters. The van der Waals surface area contributed by atoms with E-state index in [0.29, 0.717) is 0 Å². The maximum Gasteiger partial charge on any atom is 0.162 e. The SMILES string of the molecule is CCS(=O)(=O)CNC1CC(C)(C)c2ccccc21. The molecule has 0 fully saturated rings. The van der Waals surface area contributed by atoms with Crippen molar-refractivity contribution in [1.82, 2.24) is 5.32 Å². The van der Waals surface area contributed by atoms with Crippen molar-refractivity contribution in [3.8, 4) is 0 Å². The van der Waals surface area contributed by atoms with Gasteiger partial charge in [0, 0.05) is 11.8 Å². The molecule has 0 aliphatic heterocycles. The van der Waals surface area contributed by atoms with E-state index in [9.17, 15) is 8.42 Å². The van der Waals surface area contributed by atoms with E-state index in [0.717, 1.165) is 6.42 Å². The van der Waals surface area contributed by atoms with Gasteiger partial charge in [0.25, 0.3) is 0 Å². The van der Waals surface area contributed by atoms with Crippen molar-refractivity contribution < 1.29 is 8.42 Å². The Bertz CT molecular complexity index is 534. The van der Waals surface area contributed by atoms with Crippen molar-refractivity contribution in [1.29, 1.82) is 0 Å². The molecule has 0 saturated carbocycles. The first-order valence-electron chi connectivity index (χ1n) is 6.39. The van der Waals surface area contributed by atoms with Crippen molar-refractivity contribution in [2.75, 3.05) is 11.6 Å². The Morgan fingerprint density at radius 2 is 2.00 bits per heavy atom. The van der Waals surface area contributed by atoms with Crippen molar-refractivity contribution in [3.05, 3.63) is 35.4 Å². The fourth-order valence-electron chi connectivity index (χ4n) is 2.66. The standard InChI is InChI=1S/C14H21NO2S/c1-4-18(16,17)10-15-13-9-14(2,3)12-8-6-5-7-11(12)13/h5-8,13,15H,4,9-10H2,1-3H3. The summed E-state index contributed by atoms with van der Waals surface area (Å²) in [5.41, 5.74) is 2.69. The number of sulfone groups is 1. The molecule has 1 atom stereocenters. The van der Waals surface area contributed by atoms with Crippen LogP contribution in [-0.4, -0.2) is 20.0 Å². The van der Waals surface area contributed by atoms with Gasteiger partial charge in [-0.3, -0.25) is 5.32 Å². The smallest absolute Gasteiger partial charge is 0.162 e. The minimum atomic E-state index is -2.96. The quantitative estimate of drug-likeness (QED) is 0.911. The lowest BCUT2D eigenvalue weighted by Crippen LogP contribution is -2.28. The highest BCUT2D eigenvalue weighted by atomic mass is 32.2. The first-order valence-corrected chi connectivity index (χ1v) is 8.21. The van der Waals surface area contributed by atoms with E-state index in [4.69, 9.17) is 0 Å². The van der Waals surface area contributed by atoms with Gasteiger partial charge in [-0.2, -0.15) is 0 Å². The Morgan fingerprint density at radius 1 is 1.33 bits per heavy atom. The van der Waals surface area contributed by atoms with Gasteiger partial charge in [0.1, 0.15) is 0 Å². The maximum absolute atomic E-state index is 11.6. The van der Waals surface area contributed by atoms with Gasteiger partial charge in [-0.15, -0.1) is 0 Å². The maximum atomic E-state index is 11.6. The Hall–Kier alpha value is -0.870. The summed E-state index contributed by atoms with van der Waals surface area (Å²) in [5, 5.41) is 3.20. The largest absolute Gasteiger partial charge is 0.297 e. The first-order chi connectivity index (χ1) is 8.36. The zero-order chi connectivity index (χ0) is 13.4. The van der Waals surface area contributed by atoms with E-state index in [1.807, 2.05) is 12.1 Å². The predicted octanol–water partition coefficient (Wildman–Crippen LogP) is 2.39. The van der Waals surface area contributed by atoms with E-state index >= 15 is 0 Å². The average Bonchev–Trinajstić information content (AvgIpc) is 2.60. The monoisotopic (exact) mass is 267 g/mol. The summed E-state index contributed by atoms with van der Waals surface area (Å²) in [6.45, 7) is 6.10. The number of nitrogens with one attached hydrogen (secondary N) is 1. The molecular weight excluding hydrogens is 246 g/mol. The molecular formula is C14H21NO2S. The van der Waals surface area contributed by atoms with Gasteiger partial charge in [-0.25, -0.2) is 8.42 Å². The van der Waals surface area contributed by atoms with Crippen molar-refractivity contribution >= 4 is 9.84 Å². The summed E-state index contributed by atoms with van der Waals surface area (Å²) in [4.78, 5) is 0. The second-order valence-electron chi connectivity index (χ2n) is 5.61. The van der Waals surface area contributed by atoms with Gasteiger partial charge >= 0.3 is 0 Å². The van der Waals surface area contributed by atoms with Crippen molar-refractivity contribution in [2.24, 2.45) is 0 Å². The Morgan fingerprint density at radius 3 is 2.67 bits per heavy atom. The summed E-state index contributed by atoms with van der Waals surface area (Å²) in [6.07, 6.45) is 0.950. The van der Waals surface area contributed by atoms with Crippen LogP contribution >= 0.6 is 0 Å². The molecule has 1 aliphatic carbocycles. The highest BCUT2D eigenvalue weighted by molar-refractivity contribution is 7.91. The molecule has 1 aromatic rings. The van der Waals surface area contributed by atoms with Crippen molar-refractivity contribution in [3.63, 3.8) is 0 Å². The highest BCUT2D eigenvalue weighted by Crippen LogP contribution is 2.44. The van der Waals surface area contributed by atoms with Crippen LogP contribution in [0.3, 0.4) is 0 Å². The fourth-order valence-corrected chi connectivity index (χ4v) is 3.32. The molecule has 0 saturated heterocycles. The number of hydrogen-bond donors (Lipinski definition) is 1. The van der Waals surface area contributed by atoms with Gasteiger partial charge in [0.2, 0.25) is 0 Å². The molecule has 2 rings (SSSR count). The minimum absolute atomic E-state index is 0.0680. The summed E-state index contributed by atoms with van der Waals surface area (Å²) in [5.74, 6) is 0.260. The topological polar surface area (TPSA) is 46.2 Å². The van der Waals surface area contributed by atoms with Crippen LogP contribution in [0.4, 0.5) is 0 Å². The molecule has 4 heteroatoms. The lowest BCUT2D eigenvalue weighted by atomic mass is 9.86. The van der Waals surface area contributed by atoms with Gasteiger partial charge in [-0.1, -0.05) is 45.0 Å². The third kappa shape index (κ3) is 2.59. The molecule has 0 heterocycles. The highest BCUT2D eigenvalue weighted by Gasteiger charge is 2.36. The zero-order valence-electron chi connectivity index (χ0n) is 11.2. The first kappa shape index (κ1) is 13.6.